The number of fused-ring (bicyclic) bond motifs is 3. The molecular weight excluding hydrogens is 683 g/mol. The van der Waals surface area contributed by atoms with Crippen LogP contribution in [0.1, 0.15) is 31.4 Å². The molecule has 270 valence electrons. The third-order valence-corrected chi connectivity index (χ3v) is 10.7. The fraction of sp³-hybridized carbons (Fsp3) is 0.325. The molecule has 3 aliphatic heterocycles. The number of anilines is 1. The van der Waals surface area contributed by atoms with Gasteiger partial charge in [-0.15, -0.1) is 0 Å². The number of piperazine rings is 1. The largest absolute Gasteiger partial charge is 0.508 e. The number of phenols is 1. The summed E-state index contributed by atoms with van der Waals surface area (Å²) in [6.45, 7) is 1.58. The van der Waals surface area contributed by atoms with E-state index < -0.39 is 35.3 Å². The summed E-state index contributed by atoms with van der Waals surface area (Å²) in [5.74, 6) is -2.20. The Morgan fingerprint density at radius 2 is 1.89 bits per heavy atom. The Bertz CT molecular complexity index is 2280. The lowest BCUT2D eigenvalue weighted by Gasteiger charge is -2.41. The molecule has 3 saturated heterocycles. The minimum Gasteiger partial charge on any atom is -0.508 e. The molecule has 3 atom stereocenters. The highest BCUT2D eigenvalue weighted by Crippen LogP contribution is 2.42. The van der Waals surface area contributed by atoms with Gasteiger partial charge in [0.25, 0.3) is 5.91 Å². The van der Waals surface area contributed by atoms with Gasteiger partial charge in [0.1, 0.15) is 29.9 Å². The second-order valence-corrected chi connectivity index (χ2v) is 13.9. The number of halogens is 3. The van der Waals surface area contributed by atoms with Crippen LogP contribution in [0.5, 0.6) is 11.8 Å². The zero-order valence-electron chi connectivity index (χ0n) is 28.8. The quantitative estimate of drug-likeness (QED) is 0.177. The van der Waals surface area contributed by atoms with Gasteiger partial charge in [-0.25, -0.2) is 13.2 Å². The molecule has 0 aliphatic carbocycles. The maximum atomic E-state index is 16.9. The number of nitrogens with zero attached hydrogens (tertiary/aromatic N) is 7. The van der Waals surface area contributed by atoms with Gasteiger partial charge in [-0.3, -0.25) is 14.7 Å². The number of aromatic nitrogens is 3. The maximum Gasteiger partial charge on any atom is 0.319 e. The Morgan fingerprint density at radius 1 is 1.04 bits per heavy atom. The predicted octanol–water partition coefficient (Wildman–Crippen LogP) is 6.59. The van der Waals surface area contributed by atoms with Crippen LogP contribution in [0.4, 0.5) is 19.0 Å². The van der Waals surface area contributed by atoms with Gasteiger partial charge in [0, 0.05) is 55.8 Å². The summed E-state index contributed by atoms with van der Waals surface area (Å²) >= 11 is 0. The monoisotopic (exact) mass is 719 g/mol. The first-order valence-corrected chi connectivity index (χ1v) is 17.7. The number of rotatable bonds is 8. The first-order chi connectivity index (χ1) is 25.7. The number of benzene rings is 3. The third kappa shape index (κ3) is 6.48. The zero-order chi connectivity index (χ0) is 36.7. The van der Waals surface area contributed by atoms with Crippen LogP contribution in [-0.4, -0.2) is 92.8 Å². The highest BCUT2D eigenvalue weighted by atomic mass is 19.1. The van der Waals surface area contributed by atoms with E-state index >= 15 is 8.78 Å². The molecule has 1 N–H and O–H groups in total. The summed E-state index contributed by atoms with van der Waals surface area (Å²) in [6, 6.07) is 20.1. The van der Waals surface area contributed by atoms with E-state index in [4.69, 9.17) is 9.72 Å². The van der Waals surface area contributed by atoms with Crippen LogP contribution in [0.3, 0.4) is 0 Å². The summed E-state index contributed by atoms with van der Waals surface area (Å²) in [5, 5.41) is 22.1. The summed E-state index contributed by atoms with van der Waals surface area (Å²) in [4.78, 5) is 32.0. The van der Waals surface area contributed by atoms with Gasteiger partial charge in [0.05, 0.1) is 29.8 Å². The van der Waals surface area contributed by atoms with Crippen molar-refractivity contribution in [1.29, 1.82) is 5.26 Å². The number of aromatic hydroxyl groups is 1. The fourth-order valence-electron chi connectivity index (χ4n) is 8.19. The zero-order valence-corrected chi connectivity index (χ0v) is 28.8. The average molecular weight is 720 g/mol. The summed E-state index contributed by atoms with van der Waals surface area (Å²) in [7, 11) is 0. The van der Waals surface area contributed by atoms with Crippen LogP contribution in [-0.2, 0) is 4.79 Å². The maximum absolute atomic E-state index is 16.9. The topological polar surface area (TPSA) is 119 Å². The Morgan fingerprint density at radius 3 is 2.72 bits per heavy atom. The van der Waals surface area contributed by atoms with Crippen molar-refractivity contribution in [1.82, 2.24) is 24.8 Å². The van der Waals surface area contributed by atoms with Crippen LogP contribution >= 0.6 is 0 Å². The number of carbonyl (C=O) groups is 1. The van der Waals surface area contributed by atoms with E-state index in [1.807, 2.05) is 29.2 Å². The predicted molar refractivity (Wildman–Crippen MR) is 194 cm³/mol. The highest BCUT2D eigenvalue weighted by Gasteiger charge is 2.49. The van der Waals surface area contributed by atoms with Crippen LogP contribution < -0.4 is 9.64 Å². The Balaban J connectivity index is 1.18. The van der Waals surface area contributed by atoms with Gasteiger partial charge in [0.2, 0.25) is 0 Å². The molecule has 2 aromatic heterocycles. The normalized spacial score (nSPS) is 22.0. The molecule has 5 aromatic rings. The second kappa shape index (κ2) is 14.0. The SMILES string of the molecule is N#CC[C@H]1CN(c2nc(OC[C@@]34CCCN3C[C@H](F)C4)nc3c(F)c(-c4cc(O)cc5ccccc45)ccc23)CCN1C(=O)/C(F)=C/c1ccccn1. The molecule has 53 heavy (non-hydrogen) atoms. The lowest BCUT2D eigenvalue weighted by molar-refractivity contribution is -0.131. The van der Waals surface area contributed by atoms with Crippen molar-refractivity contribution < 1.29 is 27.8 Å². The van der Waals surface area contributed by atoms with E-state index in [1.54, 1.807) is 36.4 Å². The molecular formula is C40H36F3N7O3. The molecule has 0 unspecified atom stereocenters. The van der Waals surface area contributed by atoms with Gasteiger partial charge >= 0.3 is 6.01 Å². The van der Waals surface area contributed by atoms with Crippen molar-refractivity contribution in [2.45, 2.75) is 43.4 Å². The van der Waals surface area contributed by atoms with Crippen LogP contribution in [0.25, 0.3) is 38.9 Å². The van der Waals surface area contributed by atoms with Crippen molar-refractivity contribution in [3.63, 3.8) is 0 Å². The van der Waals surface area contributed by atoms with Crippen molar-refractivity contribution in [3.8, 4) is 29.0 Å². The van der Waals surface area contributed by atoms with Crippen molar-refractivity contribution in [2.24, 2.45) is 0 Å². The molecule has 13 heteroatoms. The van der Waals surface area contributed by atoms with Gasteiger partial charge in [-0.05, 0) is 66.1 Å². The molecule has 0 spiro atoms. The van der Waals surface area contributed by atoms with Crippen LogP contribution in [0.15, 0.2) is 78.8 Å². The number of hydrogen-bond acceptors (Lipinski definition) is 9. The molecule has 8 rings (SSSR count). The molecule has 0 saturated carbocycles. The molecule has 1 amide bonds. The lowest BCUT2D eigenvalue weighted by atomic mass is 9.95. The number of alkyl halides is 1. The number of hydrogen-bond donors (Lipinski definition) is 1. The first kappa shape index (κ1) is 34.4. The van der Waals surface area contributed by atoms with E-state index in [2.05, 4.69) is 20.9 Å². The van der Waals surface area contributed by atoms with Gasteiger partial charge in [-0.2, -0.15) is 15.2 Å². The minimum absolute atomic E-state index is 0.0176. The van der Waals surface area contributed by atoms with Crippen molar-refractivity contribution >= 4 is 39.5 Å². The van der Waals surface area contributed by atoms with Crippen LogP contribution in [0.2, 0.25) is 0 Å². The van der Waals surface area contributed by atoms with Crippen molar-refractivity contribution in [3.05, 3.63) is 90.3 Å². The number of phenolic OH excluding ortho intramolecular Hbond substituents is 1. The van der Waals surface area contributed by atoms with E-state index in [9.17, 15) is 19.6 Å². The summed E-state index contributed by atoms with van der Waals surface area (Å²) < 4.78 is 53.0. The third-order valence-electron chi connectivity index (χ3n) is 10.7. The summed E-state index contributed by atoms with van der Waals surface area (Å²) in [5.41, 5.74) is 0.448. The smallest absolute Gasteiger partial charge is 0.319 e. The molecule has 10 nitrogen and oxygen atoms in total. The Hall–Kier alpha value is -5.74. The standard InChI is InChI=1S/C40H36F3N7O3/c41-26-21-40(12-5-15-49(40)22-26)24-53-39-46-36-32(10-9-31(35(36)43)33-20-29(51)18-25-6-1-2-8-30(25)33)37(47-39)48-16-17-50(28(23-48)11-13-44)38(52)34(42)19-27-7-3-4-14-45-27/h1-4,6-10,14,18-20,26,28,51H,5,11-12,15-17,21-24H2/b34-19-/t26-,28+,40+/m1/s1. The van der Waals surface area contributed by atoms with Gasteiger partial charge < -0.3 is 19.6 Å². The van der Waals surface area contributed by atoms with E-state index in [0.29, 0.717) is 29.7 Å². The number of pyridine rings is 1. The number of ether oxygens (including phenoxy) is 1. The van der Waals surface area contributed by atoms with E-state index in [1.165, 1.54) is 17.2 Å². The molecule has 5 heterocycles. The molecule has 3 fully saturated rings. The second-order valence-electron chi connectivity index (χ2n) is 13.9. The van der Waals surface area contributed by atoms with Gasteiger partial charge in [-0.1, -0.05) is 36.4 Å². The molecule has 0 bridgehead atoms. The van der Waals surface area contributed by atoms with Crippen molar-refractivity contribution in [2.75, 3.05) is 44.2 Å². The number of carbonyl (C=O) groups excluding carboxylic acids is 1. The summed E-state index contributed by atoms with van der Waals surface area (Å²) in [6.07, 6.45) is 3.51. The first-order valence-electron chi connectivity index (χ1n) is 17.7. The molecule has 0 radical (unpaired) electrons. The Labute approximate surface area is 303 Å². The lowest BCUT2D eigenvalue weighted by Crippen LogP contribution is -2.55. The highest BCUT2D eigenvalue weighted by molar-refractivity contribution is 6.01. The van der Waals surface area contributed by atoms with Crippen LogP contribution in [0, 0.1) is 17.1 Å². The molecule has 3 aromatic carbocycles. The fourth-order valence-corrected chi connectivity index (χ4v) is 8.19. The van der Waals surface area contributed by atoms with Gasteiger partial charge in [0.15, 0.2) is 11.6 Å². The average Bonchev–Trinajstić information content (AvgIpc) is 3.69. The minimum atomic E-state index is -1.000. The van der Waals surface area contributed by atoms with E-state index in [0.717, 1.165) is 36.2 Å². The molecule has 3 aliphatic rings. The number of nitriles is 1. The van der Waals surface area contributed by atoms with E-state index in [-0.39, 0.29) is 61.2 Å². The Kier molecular flexibility index (Phi) is 9.08. The number of amides is 1.